The third kappa shape index (κ3) is 2.09. The summed E-state index contributed by atoms with van der Waals surface area (Å²) in [5.74, 6) is -0.430. The van der Waals surface area contributed by atoms with Crippen molar-refractivity contribution < 1.29 is 9.90 Å². The number of halogens is 1. The van der Waals surface area contributed by atoms with Crippen LogP contribution in [0.3, 0.4) is 0 Å². The van der Waals surface area contributed by atoms with Crippen LogP contribution in [0, 0.1) is 0 Å². The van der Waals surface area contributed by atoms with E-state index in [4.69, 9.17) is 17.3 Å². The molecule has 1 aliphatic heterocycles. The van der Waals surface area contributed by atoms with Gasteiger partial charge in [-0.3, -0.25) is 0 Å². The molecular weight excluding hydrogens is 278 g/mol. The van der Waals surface area contributed by atoms with Gasteiger partial charge in [-0.1, -0.05) is 23.7 Å². The van der Waals surface area contributed by atoms with Crippen molar-refractivity contribution in [3.05, 3.63) is 40.7 Å². The molecule has 6 heteroatoms. The average Bonchev–Trinajstić information content (AvgIpc) is 2.78. The molecule has 0 amide bonds. The van der Waals surface area contributed by atoms with E-state index in [1.165, 1.54) is 0 Å². The molecule has 2 aromatic rings. The summed E-state index contributed by atoms with van der Waals surface area (Å²) in [6, 6.07) is 7.30. The highest BCUT2D eigenvalue weighted by atomic mass is 35.5. The Balaban J connectivity index is 2.21. The predicted molar refractivity (Wildman–Crippen MR) is 75.9 cm³/mol. The van der Waals surface area contributed by atoms with Crippen LogP contribution in [0.15, 0.2) is 24.3 Å². The maximum Gasteiger partial charge on any atom is 0.356 e. The van der Waals surface area contributed by atoms with Gasteiger partial charge in [0, 0.05) is 18.2 Å². The Bertz CT molecular complexity index is 681. The largest absolute Gasteiger partial charge is 0.476 e. The van der Waals surface area contributed by atoms with Gasteiger partial charge in [0.2, 0.25) is 0 Å². The Kier molecular flexibility index (Phi) is 3.23. The molecule has 0 saturated heterocycles. The van der Waals surface area contributed by atoms with E-state index < -0.39 is 5.97 Å². The molecule has 1 aliphatic rings. The Hall–Kier alpha value is -1.85. The SMILES string of the molecule is NC1CCc2c(C(=O)O)nc(-c3ccccc3Cl)n2C1. The molecule has 3 rings (SSSR count). The lowest BCUT2D eigenvalue weighted by molar-refractivity contribution is 0.0689. The molecule has 0 radical (unpaired) electrons. The summed E-state index contributed by atoms with van der Waals surface area (Å²) in [4.78, 5) is 15.6. The monoisotopic (exact) mass is 291 g/mol. The van der Waals surface area contributed by atoms with Gasteiger partial charge in [-0.2, -0.15) is 0 Å². The van der Waals surface area contributed by atoms with Gasteiger partial charge in [0.1, 0.15) is 5.82 Å². The van der Waals surface area contributed by atoms with Crippen molar-refractivity contribution in [3.63, 3.8) is 0 Å². The number of aromatic nitrogens is 2. The van der Waals surface area contributed by atoms with Crippen molar-refractivity contribution in [2.24, 2.45) is 5.73 Å². The average molecular weight is 292 g/mol. The van der Waals surface area contributed by atoms with Crippen LogP contribution in [-0.2, 0) is 13.0 Å². The Morgan fingerprint density at radius 3 is 2.90 bits per heavy atom. The number of rotatable bonds is 2. The summed E-state index contributed by atoms with van der Waals surface area (Å²) in [6.07, 6.45) is 1.40. The lowest BCUT2D eigenvalue weighted by atomic mass is 10.0. The van der Waals surface area contributed by atoms with Gasteiger partial charge in [0.05, 0.1) is 10.7 Å². The van der Waals surface area contributed by atoms with E-state index in [0.717, 1.165) is 17.7 Å². The molecular formula is C14H14ClN3O2. The zero-order valence-electron chi connectivity index (χ0n) is 10.7. The maximum absolute atomic E-state index is 11.3. The second kappa shape index (κ2) is 4.92. The number of hydrogen-bond donors (Lipinski definition) is 2. The number of fused-ring (bicyclic) bond motifs is 1. The van der Waals surface area contributed by atoms with Crippen molar-refractivity contribution in [1.82, 2.24) is 9.55 Å². The molecule has 1 aromatic heterocycles. The highest BCUT2D eigenvalue weighted by Crippen LogP contribution is 2.31. The summed E-state index contributed by atoms with van der Waals surface area (Å²) >= 11 is 6.19. The van der Waals surface area contributed by atoms with E-state index in [-0.39, 0.29) is 11.7 Å². The second-order valence-corrected chi connectivity index (χ2v) is 5.33. The molecule has 2 heterocycles. The summed E-state index contributed by atoms with van der Waals surface area (Å²) in [6.45, 7) is 0.566. The zero-order valence-corrected chi connectivity index (χ0v) is 11.5. The number of carboxylic acids is 1. The van der Waals surface area contributed by atoms with E-state index >= 15 is 0 Å². The number of hydrogen-bond acceptors (Lipinski definition) is 3. The number of aromatic carboxylic acids is 1. The van der Waals surface area contributed by atoms with Crippen molar-refractivity contribution in [2.75, 3.05) is 0 Å². The van der Waals surface area contributed by atoms with E-state index in [1.807, 2.05) is 22.8 Å². The molecule has 0 fully saturated rings. The molecule has 3 N–H and O–H groups in total. The van der Waals surface area contributed by atoms with Crippen LogP contribution >= 0.6 is 11.6 Å². The standard InChI is InChI=1S/C14H14ClN3O2/c15-10-4-2-1-3-9(10)13-17-12(14(19)20)11-6-5-8(16)7-18(11)13/h1-4,8H,5-7,16H2,(H,19,20). The highest BCUT2D eigenvalue weighted by molar-refractivity contribution is 6.33. The van der Waals surface area contributed by atoms with E-state index in [0.29, 0.717) is 23.8 Å². The third-order valence-electron chi connectivity index (χ3n) is 3.56. The lowest BCUT2D eigenvalue weighted by Crippen LogP contribution is -2.32. The first-order valence-electron chi connectivity index (χ1n) is 6.41. The Morgan fingerprint density at radius 1 is 1.45 bits per heavy atom. The second-order valence-electron chi connectivity index (χ2n) is 4.93. The lowest BCUT2D eigenvalue weighted by Gasteiger charge is -2.22. The van der Waals surface area contributed by atoms with Crippen LogP contribution < -0.4 is 5.73 Å². The van der Waals surface area contributed by atoms with E-state index in [2.05, 4.69) is 4.98 Å². The molecule has 0 aliphatic carbocycles. The highest BCUT2D eigenvalue weighted by Gasteiger charge is 2.27. The van der Waals surface area contributed by atoms with Crippen molar-refractivity contribution in [3.8, 4) is 11.4 Å². The van der Waals surface area contributed by atoms with Crippen LogP contribution in [0.4, 0.5) is 0 Å². The van der Waals surface area contributed by atoms with E-state index in [1.54, 1.807) is 6.07 Å². The fourth-order valence-corrected chi connectivity index (χ4v) is 2.82. The maximum atomic E-state index is 11.3. The van der Waals surface area contributed by atoms with Crippen LogP contribution in [0.1, 0.15) is 22.6 Å². The van der Waals surface area contributed by atoms with Crippen LogP contribution in [0.5, 0.6) is 0 Å². The fraction of sp³-hybridized carbons (Fsp3) is 0.286. The normalized spacial score (nSPS) is 17.8. The number of imidazole rings is 1. The number of benzene rings is 1. The summed E-state index contributed by atoms with van der Waals surface area (Å²) in [5, 5.41) is 9.85. The van der Waals surface area contributed by atoms with Crippen LogP contribution in [0.25, 0.3) is 11.4 Å². The molecule has 20 heavy (non-hydrogen) atoms. The minimum Gasteiger partial charge on any atom is -0.476 e. The van der Waals surface area contributed by atoms with Gasteiger partial charge in [-0.15, -0.1) is 0 Å². The first-order chi connectivity index (χ1) is 9.58. The topological polar surface area (TPSA) is 81.1 Å². The number of carboxylic acid groups (broad SMARTS) is 1. The first kappa shape index (κ1) is 13.1. The van der Waals surface area contributed by atoms with E-state index in [9.17, 15) is 9.90 Å². The molecule has 0 saturated carbocycles. The fourth-order valence-electron chi connectivity index (χ4n) is 2.60. The zero-order chi connectivity index (χ0) is 14.3. The molecule has 1 aromatic carbocycles. The smallest absolute Gasteiger partial charge is 0.356 e. The number of nitrogens with two attached hydrogens (primary N) is 1. The quantitative estimate of drug-likeness (QED) is 0.888. The van der Waals surface area contributed by atoms with Crippen LogP contribution in [-0.4, -0.2) is 26.7 Å². The Morgan fingerprint density at radius 2 is 2.20 bits per heavy atom. The molecule has 104 valence electrons. The van der Waals surface area contributed by atoms with Gasteiger partial charge >= 0.3 is 5.97 Å². The predicted octanol–water partition coefficient (Wildman–Crippen LogP) is 2.18. The van der Waals surface area contributed by atoms with Gasteiger partial charge in [-0.05, 0) is 25.0 Å². The molecule has 0 spiro atoms. The third-order valence-corrected chi connectivity index (χ3v) is 3.89. The molecule has 5 nitrogen and oxygen atoms in total. The van der Waals surface area contributed by atoms with Crippen molar-refractivity contribution in [1.29, 1.82) is 0 Å². The van der Waals surface area contributed by atoms with Gasteiger partial charge in [0.25, 0.3) is 0 Å². The summed E-state index contributed by atoms with van der Waals surface area (Å²) < 4.78 is 1.89. The summed E-state index contributed by atoms with van der Waals surface area (Å²) in [5.41, 5.74) is 7.56. The molecule has 1 unspecified atom stereocenters. The van der Waals surface area contributed by atoms with Crippen molar-refractivity contribution in [2.45, 2.75) is 25.4 Å². The first-order valence-corrected chi connectivity index (χ1v) is 6.79. The Labute approximate surface area is 121 Å². The summed E-state index contributed by atoms with van der Waals surface area (Å²) in [7, 11) is 0. The van der Waals surface area contributed by atoms with Gasteiger partial charge in [0.15, 0.2) is 5.69 Å². The van der Waals surface area contributed by atoms with Crippen molar-refractivity contribution >= 4 is 17.6 Å². The minimum absolute atomic E-state index is 0.0135. The molecule has 1 atom stereocenters. The number of nitrogens with zero attached hydrogens (tertiary/aromatic N) is 2. The van der Waals surface area contributed by atoms with Crippen LogP contribution in [0.2, 0.25) is 5.02 Å². The number of carbonyl (C=O) groups is 1. The van der Waals surface area contributed by atoms with Gasteiger partial charge in [-0.25, -0.2) is 9.78 Å². The molecule has 0 bridgehead atoms. The van der Waals surface area contributed by atoms with Gasteiger partial charge < -0.3 is 15.4 Å². The minimum atomic E-state index is -1.01.